The van der Waals surface area contributed by atoms with Gasteiger partial charge < -0.3 is 15.4 Å². The maximum atomic E-state index is 12.0. The Labute approximate surface area is 169 Å². The number of rotatable bonds is 5. The van der Waals surface area contributed by atoms with E-state index in [1.165, 1.54) is 7.11 Å². The van der Waals surface area contributed by atoms with Gasteiger partial charge in [0.25, 0.3) is 0 Å². The van der Waals surface area contributed by atoms with Crippen molar-refractivity contribution in [3.05, 3.63) is 77.1 Å². The molecule has 0 radical (unpaired) electrons. The number of nitrogens with zero attached hydrogens (tertiary/aromatic N) is 2. The van der Waals surface area contributed by atoms with Crippen molar-refractivity contribution in [2.24, 2.45) is 0 Å². The van der Waals surface area contributed by atoms with Gasteiger partial charge in [-0.1, -0.05) is 36.4 Å². The van der Waals surface area contributed by atoms with Crippen LogP contribution in [0.4, 0.5) is 11.4 Å². The molecule has 3 aromatic rings. The van der Waals surface area contributed by atoms with E-state index in [-0.39, 0.29) is 5.97 Å². The van der Waals surface area contributed by atoms with E-state index in [1.807, 2.05) is 67.1 Å². The Morgan fingerprint density at radius 3 is 2.46 bits per heavy atom. The third-order valence-electron chi connectivity index (χ3n) is 4.39. The molecule has 1 aromatic heterocycles. The summed E-state index contributed by atoms with van der Waals surface area (Å²) in [6.45, 7) is 4.34. The van der Waals surface area contributed by atoms with E-state index in [9.17, 15) is 4.79 Å². The van der Waals surface area contributed by atoms with Crippen LogP contribution in [0.1, 0.15) is 27.3 Å². The van der Waals surface area contributed by atoms with Gasteiger partial charge in [-0.25, -0.2) is 4.79 Å². The average Bonchev–Trinajstić information content (AvgIpc) is 2.96. The highest BCUT2D eigenvalue weighted by atomic mass is 32.1. The van der Waals surface area contributed by atoms with Gasteiger partial charge >= 0.3 is 5.97 Å². The van der Waals surface area contributed by atoms with Crippen LogP contribution >= 0.6 is 12.2 Å². The Balaban J connectivity index is 1.79. The highest BCUT2D eigenvalue weighted by Crippen LogP contribution is 2.22. The quantitative estimate of drug-likeness (QED) is 0.501. The zero-order valence-corrected chi connectivity index (χ0v) is 16.8. The monoisotopic (exact) mass is 394 g/mol. The van der Waals surface area contributed by atoms with Crippen LogP contribution in [0.3, 0.4) is 0 Å². The molecule has 0 spiro atoms. The van der Waals surface area contributed by atoms with Gasteiger partial charge in [-0.05, 0) is 49.8 Å². The number of carbonyl (C=O) groups is 1. The summed E-state index contributed by atoms with van der Waals surface area (Å²) in [5, 5.41) is 11.5. The Morgan fingerprint density at radius 1 is 1.07 bits per heavy atom. The first-order valence-electron chi connectivity index (χ1n) is 8.83. The smallest absolute Gasteiger partial charge is 0.338 e. The summed E-state index contributed by atoms with van der Waals surface area (Å²) >= 11 is 5.43. The Bertz CT molecular complexity index is 999. The van der Waals surface area contributed by atoms with E-state index in [1.54, 1.807) is 6.07 Å². The molecule has 0 bridgehead atoms. The number of aryl methyl sites for hydroxylation is 1. The first kappa shape index (κ1) is 19.6. The standard InChI is InChI=1S/C21H22N4O2S/c1-14-19(23-21(28)22-17-10-5-4-6-11-17)15(2)25(24-14)13-16-9-7-8-12-18(16)20(26)27-3/h4-12H,13H2,1-3H3,(H2,22,23,28). The normalized spacial score (nSPS) is 10.4. The molecule has 2 aromatic carbocycles. The van der Waals surface area contributed by atoms with E-state index < -0.39 is 0 Å². The van der Waals surface area contributed by atoms with Crippen molar-refractivity contribution in [3.63, 3.8) is 0 Å². The van der Waals surface area contributed by atoms with Crippen LogP contribution in [0.5, 0.6) is 0 Å². The minimum Gasteiger partial charge on any atom is -0.465 e. The fraction of sp³-hybridized carbons (Fsp3) is 0.190. The molecule has 0 aliphatic rings. The minimum atomic E-state index is -0.358. The molecule has 0 saturated carbocycles. The Hall–Kier alpha value is -3.19. The Morgan fingerprint density at radius 2 is 1.75 bits per heavy atom. The lowest BCUT2D eigenvalue weighted by Crippen LogP contribution is -2.20. The summed E-state index contributed by atoms with van der Waals surface area (Å²) in [7, 11) is 1.38. The molecule has 0 amide bonds. The lowest BCUT2D eigenvalue weighted by atomic mass is 10.1. The van der Waals surface area contributed by atoms with E-state index >= 15 is 0 Å². The predicted molar refractivity (Wildman–Crippen MR) is 115 cm³/mol. The summed E-state index contributed by atoms with van der Waals surface area (Å²) < 4.78 is 6.73. The number of carbonyl (C=O) groups excluding carboxylic acids is 1. The van der Waals surface area contributed by atoms with Crippen molar-refractivity contribution in [1.82, 2.24) is 9.78 Å². The molecule has 0 unspecified atom stereocenters. The van der Waals surface area contributed by atoms with Crippen molar-refractivity contribution >= 4 is 34.7 Å². The number of anilines is 2. The van der Waals surface area contributed by atoms with Gasteiger partial charge in [0.05, 0.1) is 36.3 Å². The molecule has 0 atom stereocenters. The Kier molecular flexibility index (Phi) is 6.06. The first-order chi connectivity index (χ1) is 13.5. The second-order valence-electron chi connectivity index (χ2n) is 6.30. The van der Waals surface area contributed by atoms with Crippen LogP contribution < -0.4 is 10.6 Å². The van der Waals surface area contributed by atoms with Crippen LogP contribution in [-0.2, 0) is 11.3 Å². The number of hydrogen-bond donors (Lipinski definition) is 2. The molecule has 0 aliphatic carbocycles. The lowest BCUT2D eigenvalue weighted by Gasteiger charge is -2.12. The number of para-hydroxylation sites is 1. The second-order valence-corrected chi connectivity index (χ2v) is 6.71. The SMILES string of the molecule is COC(=O)c1ccccc1Cn1nc(C)c(NC(=S)Nc2ccccc2)c1C. The molecular formula is C21H22N4O2S. The van der Waals surface area contributed by atoms with Crippen molar-refractivity contribution in [1.29, 1.82) is 0 Å². The fourth-order valence-corrected chi connectivity index (χ4v) is 3.18. The second kappa shape index (κ2) is 8.67. The number of nitrogens with one attached hydrogen (secondary N) is 2. The van der Waals surface area contributed by atoms with E-state index in [4.69, 9.17) is 17.0 Å². The molecule has 0 fully saturated rings. The van der Waals surface area contributed by atoms with Gasteiger partial charge in [0.2, 0.25) is 0 Å². The number of ether oxygens (including phenoxy) is 1. The largest absolute Gasteiger partial charge is 0.465 e. The van der Waals surface area contributed by atoms with Crippen LogP contribution in [0.2, 0.25) is 0 Å². The minimum absolute atomic E-state index is 0.358. The molecule has 3 rings (SSSR count). The molecule has 144 valence electrons. The van der Waals surface area contributed by atoms with Crippen LogP contribution in [0.25, 0.3) is 0 Å². The molecule has 0 saturated heterocycles. The van der Waals surface area contributed by atoms with Crippen LogP contribution in [0, 0.1) is 13.8 Å². The highest BCUT2D eigenvalue weighted by molar-refractivity contribution is 7.80. The summed E-state index contributed by atoms with van der Waals surface area (Å²) in [4.78, 5) is 12.0. The third kappa shape index (κ3) is 4.37. The van der Waals surface area contributed by atoms with E-state index in [0.29, 0.717) is 17.2 Å². The maximum Gasteiger partial charge on any atom is 0.338 e. The zero-order valence-electron chi connectivity index (χ0n) is 16.0. The molecule has 7 heteroatoms. The maximum absolute atomic E-state index is 12.0. The summed E-state index contributed by atoms with van der Waals surface area (Å²) in [6, 6.07) is 17.1. The molecule has 6 nitrogen and oxygen atoms in total. The number of methoxy groups -OCH3 is 1. The van der Waals surface area contributed by atoms with Gasteiger partial charge in [0.1, 0.15) is 0 Å². The molecule has 1 heterocycles. The van der Waals surface area contributed by atoms with Gasteiger partial charge in [-0.15, -0.1) is 0 Å². The van der Waals surface area contributed by atoms with Crippen molar-refractivity contribution in [2.45, 2.75) is 20.4 Å². The van der Waals surface area contributed by atoms with Crippen molar-refractivity contribution < 1.29 is 9.53 Å². The summed E-state index contributed by atoms with van der Waals surface area (Å²) in [5.41, 5.74) is 4.89. The third-order valence-corrected chi connectivity index (χ3v) is 4.60. The van der Waals surface area contributed by atoms with E-state index in [2.05, 4.69) is 15.7 Å². The van der Waals surface area contributed by atoms with Crippen LogP contribution in [0.15, 0.2) is 54.6 Å². The number of thiocarbonyl (C=S) groups is 1. The van der Waals surface area contributed by atoms with E-state index in [0.717, 1.165) is 28.3 Å². The first-order valence-corrected chi connectivity index (χ1v) is 9.23. The number of hydrogen-bond acceptors (Lipinski definition) is 4. The predicted octanol–water partition coefficient (Wildman–Crippen LogP) is 4.14. The number of aromatic nitrogens is 2. The zero-order chi connectivity index (χ0) is 20.1. The highest BCUT2D eigenvalue weighted by Gasteiger charge is 2.16. The molecule has 2 N–H and O–H groups in total. The average molecular weight is 395 g/mol. The fourth-order valence-electron chi connectivity index (χ4n) is 2.96. The van der Waals surface area contributed by atoms with Crippen molar-refractivity contribution in [2.75, 3.05) is 17.7 Å². The van der Waals surface area contributed by atoms with Crippen LogP contribution in [-0.4, -0.2) is 28.0 Å². The van der Waals surface area contributed by atoms with Gasteiger partial charge in [0, 0.05) is 5.69 Å². The topological polar surface area (TPSA) is 68.2 Å². The van der Waals surface area contributed by atoms with Gasteiger partial charge in [-0.3, -0.25) is 4.68 Å². The lowest BCUT2D eigenvalue weighted by molar-refractivity contribution is 0.0599. The molecular weight excluding hydrogens is 372 g/mol. The number of esters is 1. The number of benzene rings is 2. The van der Waals surface area contributed by atoms with Crippen molar-refractivity contribution in [3.8, 4) is 0 Å². The van der Waals surface area contributed by atoms with Gasteiger partial charge in [-0.2, -0.15) is 5.10 Å². The summed E-state index contributed by atoms with van der Waals surface area (Å²) in [5.74, 6) is -0.358. The summed E-state index contributed by atoms with van der Waals surface area (Å²) in [6.07, 6.45) is 0. The van der Waals surface area contributed by atoms with Gasteiger partial charge in [0.15, 0.2) is 5.11 Å². The molecule has 0 aliphatic heterocycles. The molecule has 28 heavy (non-hydrogen) atoms.